The van der Waals surface area contributed by atoms with Gasteiger partial charge in [0, 0.05) is 10.2 Å². The number of halogens is 1. The Morgan fingerprint density at radius 2 is 2.24 bits per heavy atom. The second-order valence-corrected chi connectivity index (χ2v) is 4.76. The molecule has 94 valence electrons. The molecule has 0 saturated carbocycles. The standard InChI is InChI=1S/C12H17BrN2O2/c1-3-10(7-16)14-12(17)15-11-6-9(13)5-4-8(11)2/h4-6,10,16H,3,7H2,1-2H3,(H2,14,15,17). The maximum absolute atomic E-state index is 11.7. The van der Waals surface area contributed by atoms with Crippen LogP contribution in [0, 0.1) is 6.92 Å². The van der Waals surface area contributed by atoms with E-state index in [1.807, 2.05) is 32.0 Å². The fourth-order valence-electron chi connectivity index (χ4n) is 1.35. The molecule has 0 radical (unpaired) electrons. The van der Waals surface area contributed by atoms with Crippen molar-refractivity contribution in [3.63, 3.8) is 0 Å². The Labute approximate surface area is 110 Å². The van der Waals surface area contributed by atoms with Crippen LogP contribution in [0.15, 0.2) is 22.7 Å². The maximum atomic E-state index is 11.7. The van der Waals surface area contributed by atoms with Gasteiger partial charge in [-0.25, -0.2) is 4.79 Å². The lowest BCUT2D eigenvalue weighted by Gasteiger charge is -2.15. The second-order valence-electron chi connectivity index (χ2n) is 3.85. The van der Waals surface area contributed by atoms with Crippen LogP contribution >= 0.6 is 15.9 Å². The molecular weight excluding hydrogens is 284 g/mol. The van der Waals surface area contributed by atoms with E-state index in [0.717, 1.165) is 15.7 Å². The summed E-state index contributed by atoms with van der Waals surface area (Å²) < 4.78 is 0.910. The van der Waals surface area contributed by atoms with Crippen LogP contribution in [0.1, 0.15) is 18.9 Å². The zero-order valence-electron chi connectivity index (χ0n) is 9.96. The van der Waals surface area contributed by atoms with E-state index in [-0.39, 0.29) is 18.7 Å². The first-order chi connectivity index (χ1) is 8.06. The van der Waals surface area contributed by atoms with Crippen LogP contribution in [0.5, 0.6) is 0 Å². The van der Waals surface area contributed by atoms with Crippen LogP contribution in [0.25, 0.3) is 0 Å². The molecule has 1 aromatic rings. The van der Waals surface area contributed by atoms with Gasteiger partial charge in [0.05, 0.1) is 12.6 Å². The highest BCUT2D eigenvalue weighted by molar-refractivity contribution is 9.10. The summed E-state index contributed by atoms with van der Waals surface area (Å²) in [5.41, 5.74) is 1.74. The zero-order chi connectivity index (χ0) is 12.8. The summed E-state index contributed by atoms with van der Waals surface area (Å²) in [7, 11) is 0. The minimum absolute atomic E-state index is 0.0542. The third kappa shape index (κ3) is 4.36. The van der Waals surface area contributed by atoms with Crippen molar-refractivity contribution >= 4 is 27.6 Å². The number of aliphatic hydroxyl groups excluding tert-OH is 1. The lowest BCUT2D eigenvalue weighted by molar-refractivity contribution is 0.222. The van der Waals surface area contributed by atoms with E-state index in [4.69, 9.17) is 5.11 Å². The lowest BCUT2D eigenvalue weighted by Crippen LogP contribution is -2.39. The molecule has 17 heavy (non-hydrogen) atoms. The third-order valence-corrected chi connectivity index (χ3v) is 2.99. The molecular formula is C12H17BrN2O2. The Hall–Kier alpha value is -1.07. The van der Waals surface area contributed by atoms with Crippen molar-refractivity contribution in [2.75, 3.05) is 11.9 Å². The molecule has 0 aliphatic heterocycles. The van der Waals surface area contributed by atoms with Gasteiger partial charge in [0.25, 0.3) is 0 Å². The number of hydrogen-bond acceptors (Lipinski definition) is 2. The predicted molar refractivity (Wildman–Crippen MR) is 72.2 cm³/mol. The van der Waals surface area contributed by atoms with Gasteiger partial charge < -0.3 is 15.7 Å². The molecule has 1 rings (SSSR count). The summed E-state index contributed by atoms with van der Waals surface area (Å²) in [6, 6.07) is 5.17. The van der Waals surface area contributed by atoms with Gasteiger partial charge in [-0.05, 0) is 31.0 Å². The van der Waals surface area contributed by atoms with Crippen LogP contribution in [-0.4, -0.2) is 23.8 Å². The molecule has 0 aromatic heterocycles. The number of hydrogen-bond donors (Lipinski definition) is 3. The van der Waals surface area contributed by atoms with Gasteiger partial charge in [0.15, 0.2) is 0 Å². The number of carbonyl (C=O) groups excluding carboxylic acids is 1. The van der Waals surface area contributed by atoms with E-state index in [1.165, 1.54) is 0 Å². The van der Waals surface area contributed by atoms with Crippen molar-refractivity contribution in [2.24, 2.45) is 0 Å². The van der Waals surface area contributed by atoms with E-state index in [2.05, 4.69) is 26.6 Å². The fraction of sp³-hybridized carbons (Fsp3) is 0.417. The second kappa shape index (κ2) is 6.61. The average molecular weight is 301 g/mol. The van der Waals surface area contributed by atoms with Crippen molar-refractivity contribution < 1.29 is 9.90 Å². The number of aliphatic hydroxyl groups is 1. The van der Waals surface area contributed by atoms with Gasteiger partial charge in [-0.15, -0.1) is 0 Å². The minimum atomic E-state index is -0.299. The SMILES string of the molecule is CCC(CO)NC(=O)Nc1cc(Br)ccc1C. The quantitative estimate of drug-likeness (QED) is 0.800. The largest absolute Gasteiger partial charge is 0.394 e. The van der Waals surface area contributed by atoms with Crippen molar-refractivity contribution in [3.8, 4) is 0 Å². The predicted octanol–water partition coefficient (Wildman–Crippen LogP) is 2.65. The molecule has 3 N–H and O–H groups in total. The van der Waals surface area contributed by atoms with Crippen LogP contribution in [-0.2, 0) is 0 Å². The summed E-state index contributed by atoms with van der Waals surface area (Å²) in [6.45, 7) is 3.78. The van der Waals surface area contributed by atoms with Gasteiger partial charge in [-0.3, -0.25) is 0 Å². The van der Waals surface area contributed by atoms with Crippen LogP contribution in [0.2, 0.25) is 0 Å². The van der Waals surface area contributed by atoms with E-state index < -0.39 is 0 Å². The van der Waals surface area contributed by atoms with Crippen LogP contribution in [0.3, 0.4) is 0 Å². The Kier molecular flexibility index (Phi) is 5.44. The summed E-state index contributed by atoms with van der Waals surface area (Å²) in [5.74, 6) is 0. The summed E-state index contributed by atoms with van der Waals surface area (Å²) >= 11 is 3.35. The van der Waals surface area contributed by atoms with Crippen LogP contribution in [0.4, 0.5) is 10.5 Å². The van der Waals surface area contributed by atoms with E-state index in [9.17, 15) is 4.79 Å². The minimum Gasteiger partial charge on any atom is -0.394 e. The smallest absolute Gasteiger partial charge is 0.319 e. The number of aryl methyl sites for hydroxylation is 1. The summed E-state index contributed by atoms with van der Waals surface area (Å²) in [4.78, 5) is 11.7. The molecule has 0 aliphatic carbocycles. The van der Waals surface area contributed by atoms with Crippen LogP contribution < -0.4 is 10.6 Å². The molecule has 0 fully saturated rings. The molecule has 0 heterocycles. The molecule has 1 unspecified atom stereocenters. The first-order valence-corrected chi connectivity index (χ1v) is 6.30. The molecule has 0 spiro atoms. The van der Waals surface area contributed by atoms with E-state index in [0.29, 0.717) is 6.42 Å². The molecule has 0 bridgehead atoms. The molecule has 1 atom stereocenters. The summed E-state index contributed by atoms with van der Waals surface area (Å²) in [6.07, 6.45) is 0.696. The normalized spacial score (nSPS) is 12.0. The van der Waals surface area contributed by atoms with E-state index in [1.54, 1.807) is 0 Å². The van der Waals surface area contributed by atoms with E-state index >= 15 is 0 Å². The fourth-order valence-corrected chi connectivity index (χ4v) is 1.71. The van der Waals surface area contributed by atoms with Crippen molar-refractivity contribution in [1.82, 2.24) is 5.32 Å². The molecule has 1 aromatic carbocycles. The average Bonchev–Trinajstić information content (AvgIpc) is 2.31. The zero-order valence-corrected chi connectivity index (χ0v) is 11.5. The third-order valence-electron chi connectivity index (χ3n) is 2.50. The Balaban J connectivity index is 2.64. The van der Waals surface area contributed by atoms with Crippen molar-refractivity contribution in [1.29, 1.82) is 0 Å². The number of anilines is 1. The Morgan fingerprint density at radius 1 is 1.53 bits per heavy atom. The van der Waals surface area contributed by atoms with Gasteiger partial charge in [0.1, 0.15) is 0 Å². The topological polar surface area (TPSA) is 61.4 Å². The number of benzene rings is 1. The Morgan fingerprint density at radius 3 is 2.82 bits per heavy atom. The van der Waals surface area contributed by atoms with Gasteiger partial charge in [-0.2, -0.15) is 0 Å². The maximum Gasteiger partial charge on any atom is 0.319 e. The number of nitrogens with one attached hydrogen (secondary N) is 2. The molecule has 4 nitrogen and oxygen atoms in total. The number of carbonyl (C=O) groups is 1. The number of amides is 2. The summed E-state index contributed by atoms with van der Waals surface area (Å²) in [5, 5.41) is 14.4. The van der Waals surface area contributed by atoms with Gasteiger partial charge in [-0.1, -0.05) is 28.9 Å². The van der Waals surface area contributed by atoms with Crippen molar-refractivity contribution in [3.05, 3.63) is 28.2 Å². The number of rotatable bonds is 4. The van der Waals surface area contributed by atoms with Gasteiger partial charge >= 0.3 is 6.03 Å². The molecule has 0 aliphatic rings. The van der Waals surface area contributed by atoms with Gasteiger partial charge in [0.2, 0.25) is 0 Å². The first-order valence-electron chi connectivity index (χ1n) is 5.51. The molecule has 2 amide bonds. The first kappa shape index (κ1) is 14.0. The highest BCUT2D eigenvalue weighted by atomic mass is 79.9. The Bertz CT molecular complexity index is 392. The van der Waals surface area contributed by atoms with Crippen molar-refractivity contribution in [2.45, 2.75) is 26.3 Å². The monoisotopic (exact) mass is 300 g/mol. The highest BCUT2D eigenvalue weighted by Crippen LogP contribution is 2.20. The molecule has 5 heteroatoms. The highest BCUT2D eigenvalue weighted by Gasteiger charge is 2.10. The number of urea groups is 1. The molecule has 0 saturated heterocycles. The lowest BCUT2D eigenvalue weighted by atomic mass is 10.2.